The molecular weight excluding hydrogens is 182 g/mol. The fraction of sp³-hybridized carbons (Fsp3) is 0.700. The van der Waals surface area contributed by atoms with Gasteiger partial charge in [0, 0.05) is 13.1 Å². The van der Waals surface area contributed by atoms with E-state index in [1.807, 2.05) is 18.7 Å². The number of aliphatic carboxylic acids is 1. The van der Waals surface area contributed by atoms with Crippen LogP contribution in [0.1, 0.15) is 13.8 Å². The third kappa shape index (κ3) is 2.56. The molecule has 1 heterocycles. The highest BCUT2D eigenvalue weighted by molar-refractivity contribution is 5.75. The lowest BCUT2D eigenvalue weighted by atomic mass is 10.1. The van der Waals surface area contributed by atoms with E-state index in [1.165, 1.54) is 6.08 Å². The monoisotopic (exact) mass is 199 g/mol. The highest BCUT2D eigenvalue weighted by Crippen LogP contribution is 2.14. The molecule has 3 atom stereocenters. The predicted octanol–water partition coefficient (Wildman–Crippen LogP) is 0.735. The molecule has 0 bridgehead atoms. The highest BCUT2D eigenvalue weighted by atomic mass is 16.5. The van der Waals surface area contributed by atoms with Crippen LogP contribution in [0, 0.1) is 0 Å². The summed E-state index contributed by atoms with van der Waals surface area (Å²) in [7, 11) is 0. The molecule has 0 aromatic carbocycles. The summed E-state index contributed by atoms with van der Waals surface area (Å²) in [5.74, 6) is -0.846. The van der Waals surface area contributed by atoms with Gasteiger partial charge in [-0.05, 0) is 13.8 Å². The molecule has 0 amide bonds. The molecule has 1 rings (SSSR count). The number of rotatable bonds is 3. The summed E-state index contributed by atoms with van der Waals surface area (Å²) in [6.07, 6.45) is 1.63. The summed E-state index contributed by atoms with van der Waals surface area (Å²) in [5, 5.41) is 8.94. The third-order valence-electron chi connectivity index (χ3n) is 2.32. The Balaban J connectivity index is 2.65. The normalized spacial score (nSPS) is 31.0. The Morgan fingerprint density at radius 3 is 2.43 bits per heavy atom. The van der Waals surface area contributed by atoms with Crippen molar-refractivity contribution in [2.75, 3.05) is 13.1 Å². The summed E-state index contributed by atoms with van der Waals surface area (Å²) >= 11 is 0. The van der Waals surface area contributed by atoms with E-state index in [9.17, 15) is 4.79 Å². The van der Waals surface area contributed by atoms with Crippen molar-refractivity contribution in [3.8, 4) is 0 Å². The molecule has 0 radical (unpaired) electrons. The molecule has 0 saturated carbocycles. The van der Waals surface area contributed by atoms with E-state index in [0.29, 0.717) is 13.1 Å². The van der Waals surface area contributed by atoms with Gasteiger partial charge in [0.1, 0.15) is 6.04 Å². The Kier molecular flexibility index (Phi) is 3.66. The first-order valence-corrected chi connectivity index (χ1v) is 4.79. The van der Waals surface area contributed by atoms with Crippen LogP contribution < -0.4 is 0 Å². The molecule has 80 valence electrons. The van der Waals surface area contributed by atoms with Crippen molar-refractivity contribution in [3.63, 3.8) is 0 Å². The van der Waals surface area contributed by atoms with Crippen LogP contribution >= 0.6 is 0 Å². The molecule has 1 fully saturated rings. The summed E-state index contributed by atoms with van der Waals surface area (Å²) in [4.78, 5) is 12.8. The second-order valence-electron chi connectivity index (χ2n) is 3.73. The standard InChI is InChI=1S/C10H17NO3/c1-4-9(10(12)13)11-5-7(2)14-8(3)6-11/h4,7-9H,1,5-6H2,2-3H3,(H,12,13). The fourth-order valence-electron chi connectivity index (χ4n) is 1.85. The Morgan fingerprint density at radius 1 is 1.57 bits per heavy atom. The van der Waals surface area contributed by atoms with Crippen molar-refractivity contribution < 1.29 is 14.6 Å². The maximum absolute atomic E-state index is 10.9. The average Bonchev–Trinajstić information content (AvgIpc) is 2.02. The molecule has 3 unspecified atom stereocenters. The zero-order valence-corrected chi connectivity index (χ0v) is 8.64. The van der Waals surface area contributed by atoms with Crippen LogP contribution in [0.3, 0.4) is 0 Å². The molecule has 0 aromatic rings. The number of carboxylic acids is 1. The molecule has 1 N–H and O–H groups in total. The van der Waals surface area contributed by atoms with Crippen LogP contribution in [-0.2, 0) is 9.53 Å². The number of carbonyl (C=O) groups is 1. The minimum Gasteiger partial charge on any atom is -0.480 e. The maximum Gasteiger partial charge on any atom is 0.324 e. The van der Waals surface area contributed by atoms with Crippen molar-refractivity contribution in [3.05, 3.63) is 12.7 Å². The van der Waals surface area contributed by atoms with Crippen LogP contribution in [0.5, 0.6) is 0 Å². The van der Waals surface area contributed by atoms with Crippen LogP contribution in [0.25, 0.3) is 0 Å². The summed E-state index contributed by atoms with van der Waals surface area (Å²) < 4.78 is 5.52. The molecule has 4 heteroatoms. The summed E-state index contributed by atoms with van der Waals surface area (Å²) in [5.41, 5.74) is 0. The Morgan fingerprint density at radius 2 is 2.07 bits per heavy atom. The van der Waals surface area contributed by atoms with Gasteiger partial charge in [0.2, 0.25) is 0 Å². The largest absolute Gasteiger partial charge is 0.480 e. The number of hydrogen-bond acceptors (Lipinski definition) is 3. The van der Waals surface area contributed by atoms with Gasteiger partial charge in [-0.15, -0.1) is 6.58 Å². The van der Waals surface area contributed by atoms with E-state index >= 15 is 0 Å². The molecule has 4 nitrogen and oxygen atoms in total. The van der Waals surface area contributed by atoms with Gasteiger partial charge in [-0.2, -0.15) is 0 Å². The first-order chi connectivity index (χ1) is 6.54. The lowest BCUT2D eigenvalue weighted by Gasteiger charge is -2.37. The van der Waals surface area contributed by atoms with Gasteiger partial charge in [0.25, 0.3) is 0 Å². The van der Waals surface area contributed by atoms with E-state index in [-0.39, 0.29) is 12.2 Å². The van der Waals surface area contributed by atoms with Gasteiger partial charge in [-0.3, -0.25) is 9.69 Å². The van der Waals surface area contributed by atoms with Gasteiger partial charge in [-0.1, -0.05) is 6.08 Å². The lowest BCUT2D eigenvalue weighted by Crippen LogP contribution is -2.51. The Hall–Kier alpha value is -0.870. The van der Waals surface area contributed by atoms with E-state index in [1.54, 1.807) is 0 Å². The van der Waals surface area contributed by atoms with Gasteiger partial charge in [0.05, 0.1) is 12.2 Å². The van der Waals surface area contributed by atoms with Crippen molar-refractivity contribution in [1.82, 2.24) is 4.90 Å². The maximum atomic E-state index is 10.9. The summed E-state index contributed by atoms with van der Waals surface area (Å²) in [6, 6.07) is -0.594. The number of ether oxygens (including phenoxy) is 1. The lowest BCUT2D eigenvalue weighted by molar-refractivity contribution is -0.146. The summed E-state index contributed by atoms with van der Waals surface area (Å²) in [6.45, 7) is 8.73. The van der Waals surface area contributed by atoms with E-state index in [4.69, 9.17) is 9.84 Å². The van der Waals surface area contributed by atoms with Crippen molar-refractivity contribution in [1.29, 1.82) is 0 Å². The van der Waals surface area contributed by atoms with Gasteiger partial charge < -0.3 is 9.84 Å². The second-order valence-corrected chi connectivity index (χ2v) is 3.73. The van der Waals surface area contributed by atoms with Crippen molar-refractivity contribution >= 4 is 5.97 Å². The number of morpholine rings is 1. The third-order valence-corrected chi connectivity index (χ3v) is 2.32. The quantitative estimate of drug-likeness (QED) is 0.681. The molecule has 14 heavy (non-hydrogen) atoms. The molecule has 1 aliphatic rings. The van der Waals surface area contributed by atoms with Gasteiger partial charge in [0.15, 0.2) is 0 Å². The number of hydrogen-bond donors (Lipinski definition) is 1. The molecule has 0 aliphatic carbocycles. The van der Waals surface area contributed by atoms with Crippen LogP contribution in [0.4, 0.5) is 0 Å². The van der Waals surface area contributed by atoms with E-state index < -0.39 is 12.0 Å². The average molecular weight is 199 g/mol. The smallest absolute Gasteiger partial charge is 0.324 e. The topological polar surface area (TPSA) is 49.8 Å². The number of carboxylic acid groups (broad SMARTS) is 1. The number of nitrogens with zero attached hydrogens (tertiary/aromatic N) is 1. The van der Waals surface area contributed by atoms with E-state index in [0.717, 1.165) is 0 Å². The molecular formula is C10H17NO3. The van der Waals surface area contributed by atoms with Crippen LogP contribution in [0.2, 0.25) is 0 Å². The minimum atomic E-state index is -0.846. The first-order valence-electron chi connectivity index (χ1n) is 4.79. The van der Waals surface area contributed by atoms with Gasteiger partial charge in [-0.25, -0.2) is 0 Å². The first kappa shape index (κ1) is 11.2. The Bertz CT molecular complexity index is 219. The minimum absolute atomic E-state index is 0.0838. The zero-order chi connectivity index (χ0) is 10.7. The molecule has 1 aliphatic heterocycles. The van der Waals surface area contributed by atoms with Crippen molar-refractivity contribution in [2.45, 2.75) is 32.1 Å². The molecule has 0 spiro atoms. The SMILES string of the molecule is C=CC(C(=O)O)N1CC(C)OC(C)C1. The van der Waals surface area contributed by atoms with Crippen LogP contribution in [-0.4, -0.2) is 47.3 Å². The zero-order valence-electron chi connectivity index (χ0n) is 8.64. The van der Waals surface area contributed by atoms with Crippen molar-refractivity contribution in [2.24, 2.45) is 0 Å². The van der Waals surface area contributed by atoms with Crippen LogP contribution in [0.15, 0.2) is 12.7 Å². The Labute approximate surface area is 84.2 Å². The van der Waals surface area contributed by atoms with E-state index in [2.05, 4.69) is 6.58 Å². The van der Waals surface area contributed by atoms with Gasteiger partial charge >= 0.3 is 5.97 Å². The predicted molar refractivity (Wildman–Crippen MR) is 53.2 cm³/mol. The molecule has 1 saturated heterocycles. The molecule has 0 aromatic heterocycles. The fourth-order valence-corrected chi connectivity index (χ4v) is 1.85. The highest BCUT2D eigenvalue weighted by Gasteiger charge is 2.29. The second kappa shape index (κ2) is 4.57.